The summed E-state index contributed by atoms with van der Waals surface area (Å²) in [5, 5.41) is 9.48. The lowest BCUT2D eigenvalue weighted by Crippen LogP contribution is -2.41. The summed E-state index contributed by atoms with van der Waals surface area (Å²) in [6, 6.07) is 3.56. The zero-order chi connectivity index (χ0) is 17.4. The van der Waals surface area contributed by atoms with Crippen LogP contribution in [0.15, 0.2) is 12.1 Å². The fourth-order valence-electron chi connectivity index (χ4n) is 2.60. The summed E-state index contributed by atoms with van der Waals surface area (Å²) >= 11 is 0. The highest BCUT2D eigenvalue weighted by Crippen LogP contribution is 2.37. The average molecular weight is 320 g/mol. The maximum absolute atomic E-state index is 11.6. The van der Waals surface area contributed by atoms with Gasteiger partial charge in [0, 0.05) is 0 Å². The molecule has 1 aromatic rings. The molecule has 1 aromatic carbocycles. The Morgan fingerprint density at radius 1 is 1.17 bits per heavy atom. The minimum absolute atomic E-state index is 0.217. The normalized spacial score (nSPS) is 19.0. The second-order valence-corrected chi connectivity index (χ2v) is 6.73. The summed E-state index contributed by atoms with van der Waals surface area (Å²) in [6.07, 6.45) is 0.592. The smallest absolute Gasteiger partial charge is 0.493 e. The largest absolute Gasteiger partial charge is 0.494 e. The third-order valence-corrected chi connectivity index (χ3v) is 4.63. The van der Waals surface area contributed by atoms with Crippen molar-refractivity contribution in [2.24, 2.45) is 0 Å². The Morgan fingerprint density at radius 2 is 1.74 bits per heavy atom. The summed E-state index contributed by atoms with van der Waals surface area (Å²) in [7, 11) is -0.535. The number of aromatic carboxylic acids is 1. The molecule has 2 rings (SSSR count). The third-order valence-electron chi connectivity index (χ3n) is 4.63. The first-order valence-corrected chi connectivity index (χ1v) is 8.01. The van der Waals surface area contributed by atoms with Crippen molar-refractivity contribution in [3.63, 3.8) is 0 Å². The van der Waals surface area contributed by atoms with Gasteiger partial charge in [0.1, 0.15) is 11.3 Å². The van der Waals surface area contributed by atoms with Gasteiger partial charge in [-0.05, 0) is 58.1 Å². The predicted molar refractivity (Wildman–Crippen MR) is 89.7 cm³/mol. The van der Waals surface area contributed by atoms with Crippen LogP contribution in [0.3, 0.4) is 0 Å². The number of hydrogen-bond acceptors (Lipinski definition) is 4. The lowest BCUT2D eigenvalue weighted by molar-refractivity contribution is 0.00578. The standard InChI is InChI=1S/C17H25BO5/c1-7-11-9-12(10-13(21-8-2)14(11)15(19)20)18-22-16(3,4)17(5,6)23-18/h9-10H,7-8H2,1-6H3,(H,19,20). The number of carboxylic acids is 1. The van der Waals surface area contributed by atoms with Crippen molar-refractivity contribution in [1.29, 1.82) is 0 Å². The fourth-order valence-corrected chi connectivity index (χ4v) is 2.60. The van der Waals surface area contributed by atoms with Crippen molar-refractivity contribution in [3.8, 4) is 5.75 Å². The first kappa shape index (κ1) is 17.8. The van der Waals surface area contributed by atoms with Crippen molar-refractivity contribution in [2.75, 3.05) is 6.61 Å². The lowest BCUT2D eigenvalue weighted by Gasteiger charge is -2.32. The van der Waals surface area contributed by atoms with Crippen LogP contribution in [0.5, 0.6) is 5.75 Å². The van der Waals surface area contributed by atoms with E-state index in [0.29, 0.717) is 24.3 Å². The van der Waals surface area contributed by atoms with Crippen LogP contribution in [0.2, 0.25) is 0 Å². The minimum Gasteiger partial charge on any atom is -0.493 e. The van der Waals surface area contributed by atoms with Crippen molar-refractivity contribution < 1.29 is 23.9 Å². The molecule has 1 aliphatic rings. The van der Waals surface area contributed by atoms with E-state index in [-0.39, 0.29) is 5.56 Å². The number of ether oxygens (including phenoxy) is 1. The van der Waals surface area contributed by atoms with Crippen LogP contribution in [0.1, 0.15) is 57.5 Å². The lowest BCUT2D eigenvalue weighted by atomic mass is 9.77. The van der Waals surface area contributed by atoms with Crippen molar-refractivity contribution in [2.45, 2.75) is 59.2 Å². The maximum Gasteiger partial charge on any atom is 0.494 e. The molecule has 0 amide bonds. The van der Waals surface area contributed by atoms with E-state index in [1.165, 1.54) is 0 Å². The van der Waals surface area contributed by atoms with Crippen molar-refractivity contribution >= 4 is 18.6 Å². The van der Waals surface area contributed by atoms with E-state index in [0.717, 1.165) is 5.46 Å². The van der Waals surface area contributed by atoms with Gasteiger partial charge in [-0.25, -0.2) is 4.79 Å². The van der Waals surface area contributed by atoms with E-state index in [1.807, 2.05) is 47.6 Å². The molecule has 0 aromatic heterocycles. The number of carboxylic acid groups (broad SMARTS) is 1. The Kier molecular flexibility index (Phi) is 4.78. The highest BCUT2D eigenvalue weighted by molar-refractivity contribution is 6.62. The Balaban J connectivity index is 2.49. The van der Waals surface area contributed by atoms with Gasteiger partial charge in [0.15, 0.2) is 0 Å². The molecule has 0 atom stereocenters. The molecule has 1 fully saturated rings. The van der Waals surface area contributed by atoms with Gasteiger partial charge in [-0.15, -0.1) is 0 Å². The van der Waals surface area contributed by atoms with E-state index >= 15 is 0 Å². The maximum atomic E-state index is 11.6. The van der Waals surface area contributed by atoms with Crippen molar-refractivity contribution in [1.82, 2.24) is 0 Å². The highest BCUT2D eigenvalue weighted by atomic mass is 16.7. The third kappa shape index (κ3) is 3.24. The average Bonchev–Trinajstić information content (AvgIpc) is 2.66. The number of carbonyl (C=O) groups is 1. The molecule has 5 nitrogen and oxygen atoms in total. The van der Waals surface area contributed by atoms with Gasteiger partial charge in [-0.3, -0.25) is 0 Å². The van der Waals surface area contributed by atoms with Gasteiger partial charge in [0.25, 0.3) is 0 Å². The molecule has 1 heterocycles. The Morgan fingerprint density at radius 3 is 2.17 bits per heavy atom. The van der Waals surface area contributed by atoms with Crippen LogP contribution in [0, 0.1) is 0 Å². The van der Waals surface area contributed by atoms with E-state index < -0.39 is 24.3 Å². The molecule has 6 heteroatoms. The predicted octanol–water partition coefficient (Wildman–Crippen LogP) is 2.65. The number of rotatable bonds is 5. The summed E-state index contributed by atoms with van der Waals surface area (Å²) in [4.78, 5) is 11.6. The summed E-state index contributed by atoms with van der Waals surface area (Å²) < 4.78 is 17.7. The summed E-state index contributed by atoms with van der Waals surface area (Å²) in [5.74, 6) is -0.616. The van der Waals surface area contributed by atoms with Gasteiger partial charge in [0.2, 0.25) is 0 Å². The summed E-state index contributed by atoms with van der Waals surface area (Å²) in [6.45, 7) is 12.1. The van der Waals surface area contributed by atoms with Gasteiger partial charge in [0.05, 0.1) is 17.8 Å². The molecular formula is C17H25BO5. The fraction of sp³-hybridized carbons (Fsp3) is 0.588. The van der Waals surface area contributed by atoms with Gasteiger partial charge < -0.3 is 19.2 Å². The molecule has 1 N–H and O–H groups in total. The van der Waals surface area contributed by atoms with Crippen LogP contribution < -0.4 is 10.2 Å². The van der Waals surface area contributed by atoms with Crippen LogP contribution in [-0.4, -0.2) is 36.0 Å². The number of hydrogen-bond donors (Lipinski definition) is 1. The molecule has 1 saturated heterocycles. The number of aryl methyl sites for hydroxylation is 1. The van der Waals surface area contributed by atoms with E-state index in [9.17, 15) is 9.90 Å². The highest BCUT2D eigenvalue weighted by Gasteiger charge is 2.52. The first-order valence-electron chi connectivity index (χ1n) is 8.01. The molecule has 0 spiro atoms. The Bertz CT molecular complexity index is 593. The Hall–Kier alpha value is -1.53. The zero-order valence-corrected chi connectivity index (χ0v) is 14.7. The van der Waals surface area contributed by atoms with Crippen LogP contribution in [0.4, 0.5) is 0 Å². The van der Waals surface area contributed by atoms with E-state index in [4.69, 9.17) is 14.0 Å². The number of benzene rings is 1. The van der Waals surface area contributed by atoms with E-state index in [1.54, 1.807) is 6.07 Å². The zero-order valence-electron chi connectivity index (χ0n) is 14.7. The second kappa shape index (κ2) is 6.17. The van der Waals surface area contributed by atoms with E-state index in [2.05, 4.69) is 0 Å². The van der Waals surface area contributed by atoms with Crippen LogP contribution in [0.25, 0.3) is 0 Å². The topological polar surface area (TPSA) is 65.0 Å². The first-order chi connectivity index (χ1) is 10.6. The van der Waals surface area contributed by atoms with Crippen LogP contribution >= 0.6 is 0 Å². The minimum atomic E-state index is -0.981. The van der Waals surface area contributed by atoms with Gasteiger partial charge in [-0.1, -0.05) is 13.0 Å². The van der Waals surface area contributed by atoms with Gasteiger partial charge >= 0.3 is 13.1 Å². The Labute approximate surface area is 138 Å². The molecule has 23 heavy (non-hydrogen) atoms. The summed E-state index contributed by atoms with van der Waals surface area (Å²) in [5.41, 5.74) is 0.833. The second-order valence-electron chi connectivity index (χ2n) is 6.73. The van der Waals surface area contributed by atoms with Gasteiger partial charge in [-0.2, -0.15) is 0 Å². The quantitative estimate of drug-likeness (QED) is 0.845. The SMILES string of the molecule is CCOc1cc(B2OC(C)(C)C(C)(C)O2)cc(CC)c1C(=O)O. The molecule has 126 valence electrons. The molecular weight excluding hydrogens is 295 g/mol. The van der Waals surface area contributed by atoms with Crippen molar-refractivity contribution in [3.05, 3.63) is 23.3 Å². The molecule has 0 saturated carbocycles. The molecule has 0 unspecified atom stereocenters. The molecule has 1 aliphatic heterocycles. The van der Waals surface area contributed by atoms with Crippen LogP contribution in [-0.2, 0) is 15.7 Å². The molecule has 0 bridgehead atoms. The molecule has 0 aliphatic carbocycles. The monoisotopic (exact) mass is 320 g/mol. The molecule has 0 radical (unpaired) electrons.